The fourth-order valence-electron chi connectivity index (χ4n) is 2.81. The van der Waals surface area contributed by atoms with Crippen LogP contribution in [0.3, 0.4) is 0 Å². The molecule has 0 N–H and O–H groups in total. The zero-order valence-corrected chi connectivity index (χ0v) is 11.3. The average molecular weight is 271 g/mol. The Hall–Kier alpha value is -2.09. The third-order valence-electron chi connectivity index (χ3n) is 4.02. The molecule has 1 amide bonds. The molecular formula is C15H17N3O2. The highest BCUT2D eigenvalue weighted by molar-refractivity contribution is 5.80. The minimum absolute atomic E-state index is 0.0285. The van der Waals surface area contributed by atoms with Crippen molar-refractivity contribution in [2.75, 3.05) is 13.1 Å². The molecule has 2 aliphatic rings. The van der Waals surface area contributed by atoms with Crippen molar-refractivity contribution < 1.29 is 9.53 Å². The maximum Gasteiger partial charge on any atom is 0.225 e. The van der Waals surface area contributed by atoms with Crippen LogP contribution in [-0.2, 0) is 4.79 Å². The van der Waals surface area contributed by atoms with Crippen LogP contribution in [0, 0.1) is 17.2 Å². The highest BCUT2D eigenvalue weighted by Crippen LogP contribution is 2.28. The first-order chi connectivity index (χ1) is 9.76. The van der Waals surface area contributed by atoms with Crippen molar-refractivity contribution in [3.63, 3.8) is 0 Å². The van der Waals surface area contributed by atoms with E-state index < -0.39 is 0 Å². The fraction of sp³-hybridized carbons (Fsp3) is 0.533. The number of nitriles is 1. The number of likely N-dealkylation sites (tertiary alicyclic amines) is 1. The lowest BCUT2D eigenvalue weighted by Crippen LogP contribution is -2.57. The molecule has 104 valence electrons. The van der Waals surface area contributed by atoms with Gasteiger partial charge >= 0.3 is 0 Å². The molecule has 1 aliphatic heterocycles. The number of hydrogen-bond donors (Lipinski definition) is 0. The SMILES string of the molecule is N#Cc1ccc(OC2CN(C(=O)C3CCCC3)C2)nc1. The number of amides is 1. The second-order valence-corrected chi connectivity index (χ2v) is 5.46. The van der Waals surface area contributed by atoms with Gasteiger partial charge in [-0.25, -0.2) is 4.98 Å². The Labute approximate surface area is 118 Å². The van der Waals surface area contributed by atoms with Crippen LogP contribution in [0.25, 0.3) is 0 Å². The molecule has 2 fully saturated rings. The summed E-state index contributed by atoms with van der Waals surface area (Å²) in [4.78, 5) is 18.1. The Morgan fingerprint density at radius 3 is 2.70 bits per heavy atom. The maximum absolute atomic E-state index is 12.1. The number of nitrogens with zero attached hydrogens (tertiary/aromatic N) is 3. The summed E-state index contributed by atoms with van der Waals surface area (Å²) >= 11 is 0. The lowest BCUT2D eigenvalue weighted by atomic mass is 10.0. The summed E-state index contributed by atoms with van der Waals surface area (Å²) in [5.41, 5.74) is 0.518. The Morgan fingerprint density at radius 1 is 1.35 bits per heavy atom. The number of hydrogen-bond acceptors (Lipinski definition) is 4. The first-order valence-corrected chi connectivity index (χ1v) is 7.08. The molecule has 0 atom stereocenters. The summed E-state index contributed by atoms with van der Waals surface area (Å²) in [7, 11) is 0. The monoisotopic (exact) mass is 271 g/mol. The number of carbonyl (C=O) groups is 1. The van der Waals surface area contributed by atoms with E-state index in [4.69, 9.17) is 10.00 Å². The van der Waals surface area contributed by atoms with E-state index in [2.05, 4.69) is 4.98 Å². The summed E-state index contributed by atoms with van der Waals surface area (Å²) < 4.78 is 5.68. The van der Waals surface area contributed by atoms with Gasteiger partial charge in [-0.1, -0.05) is 12.8 Å². The first kappa shape index (κ1) is 12.9. The second kappa shape index (κ2) is 5.49. The van der Waals surface area contributed by atoms with Crippen molar-refractivity contribution in [2.45, 2.75) is 31.8 Å². The molecule has 1 aliphatic carbocycles. The van der Waals surface area contributed by atoms with E-state index in [1.165, 1.54) is 19.0 Å². The van der Waals surface area contributed by atoms with Crippen molar-refractivity contribution >= 4 is 5.91 Å². The summed E-state index contributed by atoms with van der Waals surface area (Å²) in [5, 5.41) is 8.69. The largest absolute Gasteiger partial charge is 0.471 e. The zero-order valence-electron chi connectivity index (χ0n) is 11.3. The van der Waals surface area contributed by atoms with Gasteiger partial charge in [0.25, 0.3) is 0 Å². The van der Waals surface area contributed by atoms with Gasteiger partial charge in [-0.3, -0.25) is 4.79 Å². The van der Waals surface area contributed by atoms with Crippen LogP contribution in [0.15, 0.2) is 18.3 Å². The third-order valence-corrected chi connectivity index (χ3v) is 4.02. The van der Waals surface area contributed by atoms with Crippen molar-refractivity contribution in [3.05, 3.63) is 23.9 Å². The van der Waals surface area contributed by atoms with Gasteiger partial charge in [-0.15, -0.1) is 0 Å². The zero-order chi connectivity index (χ0) is 13.9. The van der Waals surface area contributed by atoms with E-state index in [-0.39, 0.29) is 17.9 Å². The number of rotatable bonds is 3. The van der Waals surface area contributed by atoms with Gasteiger partial charge in [0.15, 0.2) is 0 Å². The van der Waals surface area contributed by atoms with Gasteiger partial charge in [0.05, 0.1) is 18.7 Å². The van der Waals surface area contributed by atoms with Crippen LogP contribution in [0.2, 0.25) is 0 Å². The van der Waals surface area contributed by atoms with Crippen LogP contribution in [0.1, 0.15) is 31.2 Å². The van der Waals surface area contributed by atoms with Crippen LogP contribution < -0.4 is 4.74 Å². The predicted octanol–water partition coefficient (Wildman–Crippen LogP) is 1.73. The van der Waals surface area contributed by atoms with Crippen molar-refractivity contribution in [2.24, 2.45) is 5.92 Å². The third kappa shape index (κ3) is 2.60. The normalized spacial score (nSPS) is 19.4. The first-order valence-electron chi connectivity index (χ1n) is 7.08. The average Bonchev–Trinajstić information content (AvgIpc) is 2.96. The molecular weight excluding hydrogens is 254 g/mol. The standard InChI is InChI=1S/C15H17N3O2/c16-7-11-5-6-14(17-8-11)20-13-9-18(10-13)15(19)12-3-1-2-4-12/h5-6,8,12-13H,1-4,9-10H2. The lowest BCUT2D eigenvalue weighted by Gasteiger charge is -2.40. The van der Waals surface area contributed by atoms with Gasteiger partial charge in [0, 0.05) is 18.2 Å². The summed E-state index contributed by atoms with van der Waals surface area (Å²) in [6.07, 6.45) is 5.96. The minimum Gasteiger partial charge on any atom is -0.471 e. The molecule has 1 aromatic rings. The van der Waals surface area contributed by atoms with Crippen molar-refractivity contribution in [1.82, 2.24) is 9.88 Å². The predicted molar refractivity (Wildman–Crippen MR) is 71.9 cm³/mol. The summed E-state index contributed by atoms with van der Waals surface area (Å²) in [6.45, 7) is 1.30. The topological polar surface area (TPSA) is 66.2 Å². The van der Waals surface area contributed by atoms with Gasteiger partial charge in [0.2, 0.25) is 11.8 Å². The smallest absolute Gasteiger partial charge is 0.225 e. The highest BCUT2D eigenvalue weighted by atomic mass is 16.5. The Bertz CT molecular complexity index is 523. The number of ether oxygens (including phenoxy) is 1. The van der Waals surface area contributed by atoms with Crippen molar-refractivity contribution in [1.29, 1.82) is 5.26 Å². The van der Waals surface area contributed by atoms with E-state index in [0.29, 0.717) is 24.5 Å². The molecule has 2 heterocycles. The molecule has 0 spiro atoms. The molecule has 1 saturated carbocycles. The van der Waals surface area contributed by atoms with E-state index in [9.17, 15) is 4.79 Å². The molecule has 1 aromatic heterocycles. The Kier molecular flexibility index (Phi) is 3.55. The number of aromatic nitrogens is 1. The van der Waals surface area contributed by atoms with Crippen LogP contribution >= 0.6 is 0 Å². The molecule has 0 unspecified atom stereocenters. The van der Waals surface area contributed by atoms with E-state index in [1.54, 1.807) is 12.1 Å². The second-order valence-electron chi connectivity index (χ2n) is 5.46. The van der Waals surface area contributed by atoms with Crippen LogP contribution in [0.5, 0.6) is 5.88 Å². The van der Waals surface area contributed by atoms with Gasteiger partial charge < -0.3 is 9.64 Å². The Balaban J connectivity index is 1.48. The minimum atomic E-state index is 0.0285. The Morgan fingerprint density at radius 2 is 2.10 bits per heavy atom. The molecule has 5 nitrogen and oxygen atoms in total. The maximum atomic E-state index is 12.1. The molecule has 1 saturated heterocycles. The lowest BCUT2D eigenvalue weighted by molar-refractivity contribution is -0.144. The van der Waals surface area contributed by atoms with E-state index in [1.807, 2.05) is 11.0 Å². The summed E-state index contributed by atoms with van der Waals surface area (Å²) in [5.74, 6) is 1.04. The molecule has 3 rings (SSSR count). The molecule has 5 heteroatoms. The van der Waals surface area contributed by atoms with Gasteiger partial charge in [-0.2, -0.15) is 5.26 Å². The quantitative estimate of drug-likeness (QED) is 0.839. The molecule has 0 bridgehead atoms. The van der Waals surface area contributed by atoms with E-state index in [0.717, 1.165) is 12.8 Å². The highest BCUT2D eigenvalue weighted by Gasteiger charge is 2.36. The molecule has 0 radical (unpaired) electrons. The van der Waals surface area contributed by atoms with Gasteiger partial charge in [-0.05, 0) is 18.9 Å². The molecule has 0 aromatic carbocycles. The van der Waals surface area contributed by atoms with E-state index >= 15 is 0 Å². The summed E-state index contributed by atoms with van der Waals surface area (Å²) in [6, 6.07) is 5.40. The van der Waals surface area contributed by atoms with Crippen molar-refractivity contribution in [3.8, 4) is 11.9 Å². The fourth-order valence-corrected chi connectivity index (χ4v) is 2.81. The van der Waals surface area contributed by atoms with Crippen LogP contribution in [-0.4, -0.2) is 35.0 Å². The number of carbonyl (C=O) groups excluding carboxylic acids is 1. The number of pyridine rings is 1. The molecule has 20 heavy (non-hydrogen) atoms. The van der Waals surface area contributed by atoms with Crippen LogP contribution in [0.4, 0.5) is 0 Å². The van der Waals surface area contributed by atoms with Gasteiger partial charge in [0.1, 0.15) is 12.2 Å².